The smallest absolute Gasteiger partial charge is 0.339 e. The highest BCUT2D eigenvalue weighted by Crippen LogP contribution is 2.25. The molecule has 18 heavy (non-hydrogen) atoms. The second-order valence-corrected chi connectivity index (χ2v) is 4.12. The lowest BCUT2D eigenvalue weighted by molar-refractivity contribution is 0.0697. The van der Waals surface area contributed by atoms with Gasteiger partial charge in [0.25, 0.3) is 0 Å². The lowest BCUT2D eigenvalue weighted by atomic mass is 10.2. The molecule has 0 aliphatic heterocycles. The van der Waals surface area contributed by atoms with E-state index in [9.17, 15) is 9.90 Å². The highest BCUT2D eigenvalue weighted by Gasteiger charge is 2.21. The molecule has 0 saturated carbocycles. The number of hydrogen-bond acceptors (Lipinski definition) is 3. The number of aromatic carboxylic acids is 1. The molecule has 0 radical (unpaired) electrons. The summed E-state index contributed by atoms with van der Waals surface area (Å²) in [5.74, 6) is -0.504. The Hall–Kier alpha value is -2.04. The van der Waals surface area contributed by atoms with Crippen LogP contribution in [0, 0.1) is 0 Å². The zero-order chi connectivity index (χ0) is 13.1. The molecule has 0 saturated heterocycles. The molecule has 2 aromatic heterocycles. The minimum absolute atomic E-state index is 0.178. The molecule has 2 aromatic rings. The van der Waals surface area contributed by atoms with Crippen molar-refractivity contribution in [1.82, 2.24) is 9.78 Å². The summed E-state index contributed by atoms with van der Waals surface area (Å²) >= 11 is 0. The third-order valence-electron chi connectivity index (χ3n) is 3.03. The normalized spacial score (nSPS) is 11.1. The Morgan fingerprint density at radius 2 is 2.22 bits per heavy atom. The highest BCUT2D eigenvalue weighted by molar-refractivity contribution is 5.93. The van der Waals surface area contributed by atoms with E-state index < -0.39 is 5.97 Å². The van der Waals surface area contributed by atoms with Gasteiger partial charge in [-0.05, 0) is 25.0 Å². The quantitative estimate of drug-likeness (QED) is 0.882. The Bertz CT molecular complexity index is 524. The van der Waals surface area contributed by atoms with E-state index in [1.54, 1.807) is 23.0 Å². The Kier molecular flexibility index (Phi) is 3.50. The highest BCUT2D eigenvalue weighted by atomic mass is 16.4. The van der Waals surface area contributed by atoms with Crippen LogP contribution in [0.15, 0.2) is 29.0 Å². The van der Waals surface area contributed by atoms with Gasteiger partial charge >= 0.3 is 5.97 Å². The maximum absolute atomic E-state index is 11.2. The average molecular weight is 248 g/mol. The fraction of sp³-hybridized carbons (Fsp3) is 0.385. The molecule has 0 aliphatic carbocycles. The molecule has 0 unspecified atom stereocenters. The van der Waals surface area contributed by atoms with Gasteiger partial charge in [-0.1, -0.05) is 13.8 Å². The number of hydrogen-bond donors (Lipinski definition) is 1. The number of carboxylic acids is 1. The van der Waals surface area contributed by atoms with Crippen LogP contribution in [0.1, 0.15) is 43.1 Å². The largest absolute Gasteiger partial charge is 0.478 e. The Balaban J connectivity index is 2.48. The first-order chi connectivity index (χ1) is 8.67. The lowest BCUT2D eigenvalue weighted by Crippen LogP contribution is -2.07. The molecule has 5 heteroatoms. The lowest BCUT2D eigenvalue weighted by Gasteiger charge is -2.12. The standard InChI is InChI=1S/C13H16N2O3/c1-3-9(4-2)15-8-10(13(16)17)12(14-15)11-6-5-7-18-11/h5-9H,3-4H2,1-2H3,(H,16,17). The van der Waals surface area contributed by atoms with E-state index in [0.717, 1.165) is 12.8 Å². The van der Waals surface area contributed by atoms with E-state index in [4.69, 9.17) is 4.42 Å². The maximum atomic E-state index is 11.2. The van der Waals surface area contributed by atoms with Gasteiger partial charge in [0.1, 0.15) is 11.3 Å². The minimum atomic E-state index is -0.987. The number of furan rings is 1. The van der Waals surface area contributed by atoms with Crippen LogP contribution in [0.25, 0.3) is 11.5 Å². The topological polar surface area (TPSA) is 68.3 Å². The van der Waals surface area contributed by atoms with Crippen LogP contribution in [-0.2, 0) is 0 Å². The van der Waals surface area contributed by atoms with Crippen molar-refractivity contribution in [3.8, 4) is 11.5 Å². The van der Waals surface area contributed by atoms with Crippen molar-refractivity contribution in [2.24, 2.45) is 0 Å². The van der Waals surface area contributed by atoms with Gasteiger partial charge in [-0.2, -0.15) is 5.10 Å². The van der Waals surface area contributed by atoms with Gasteiger partial charge in [0.2, 0.25) is 0 Å². The zero-order valence-electron chi connectivity index (χ0n) is 10.5. The number of carbonyl (C=O) groups is 1. The molecule has 2 heterocycles. The Morgan fingerprint density at radius 1 is 1.50 bits per heavy atom. The van der Waals surface area contributed by atoms with E-state index in [2.05, 4.69) is 18.9 Å². The third-order valence-corrected chi connectivity index (χ3v) is 3.03. The first-order valence-electron chi connectivity index (χ1n) is 6.03. The average Bonchev–Trinajstić information content (AvgIpc) is 2.98. The number of rotatable bonds is 5. The van der Waals surface area contributed by atoms with E-state index in [1.165, 1.54) is 6.26 Å². The first kappa shape index (κ1) is 12.4. The SMILES string of the molecule is CCC(CC)n1cc(C(=O)O)c(-c2ccco2)n1. The Labute approximate surface area is 105 Å². The molecule has 0 spiro atoms. The van der Waals surface area contributed by atoms with Crippen molar-refractivity contribution in [3.05, 3.63) is 30.2 Å². The molecular formula is C13H16N2O3. The molecule has 96 valence electrons. The van der Waals surface area contributed by atoms with Crippen LogP contribution in [0.4, 0.5) is 0 Å². The monoisotopic (exact) mass is 248 g/mol. The van der Waals surface area contributed by atoms with Crippen molar-refractivity contribution in [3.63, 3.8) is 0 Å². The summed E-state index contributed by atoms with van der Waals surface area (Å²) in [4.78, 5) is 11.2. The van der Waals surface area contributed by atoms with Gasteiger partial charge in [-0.15, -0.1) is 0 Å². The van der Waals surface area contributed by atoms with Crippen LogP contribution in [0.5, 0.6) is 0 Å². The number of carboxylic acid groups (broad SMARTS) is 1. The van der Waals surface area contributed by atoms with Gasteiger partial charge in [-0.25, -0.2) is 4.79 Å². The van der Waals surface area contributed by atoms with E-state index in [1.807, 2.05) is 0 Å². The fourth-order valence-electron chi connectivity index (χ4n) is 1.99. The van der Waals surface area contributed by atoms with Crippen molar-refractivity contribution in [1.29, 1.82) is 0 Å². The third kappa shape index (κ3) is 2.16. The van der Waals surface area contributed by atoms with Crippen LogP contribution in [-0.4, -0.2) is 20.9 Å². The van der Waals surface area contributed by atoms with Gasteiger partial charge in [0.05, 0.1) is 12.3 Å². The van der Waals surface area contributed by atoms with E-state index in [-0.39, 0.29) is 11.6 Å². The molecule has 0 amide bonds. The zero-order valence-corrected chi connectivity index (χ0v) is 10.5. The van der Waals surface area contributed by atoms with Gasteiger partial charge in [0.15, 0.2) is 5.76 Å². The van der Waals surface area contributed by atoms with Gasteiger partial charge in [0, 0.05) is 6.20 Å². The summed E-state index contributed by atoms with van der Waals surface area (Å²) in [6.45, 7) is 4.12. The van der Waals surface area contributed by atoms with Crippen LogP contribution in [0.3, 0.4) is 0 Å². The first-order valence-corrected chi connectivity index (χ1v) is 6.03. The van der Waals surface area contributed by atoms with Crippen molar-refractivity contribution in [2.45, 2.75) is 32.7 Å². The van der Waals surface area contributed by atoms with E-state index >= 15 is 0 Å². The van der Waals surface area contributed by atoms with Crippen molar-refractivity contribution < 1.29 is 14.3 Å². The van der Waals surface area contributed by atoms with Crippen molar-refractivity contribution in [2.75, 3.05) is 0 Å². The minimum Gasteiger partial charge on any atom is -0.478 e. The van der Waals surface area contributed by atoms with E-state index in [0.29, 0.717) is 11.5 Å². The summed E-state index contributed by atoms with van der Waals surface area (Å²) in [5, 5.41) is 13.6. The molecule has 0 aromatic carbocycles. The van der Waals surface area contributed by atoms with Crippen LogP contribution >= 0.6 is 0 Å². The predicted molar refractivity (Wildman–Crippen MR) is 66.5 cm³/mol. The van der Waals surface area contributed by atoms with Gasteiger partial charge in [-0.3, -0.25) is 4.68 Å². The summed E-state index contributed by atoms with van der Waals surface area (Å²) < 4.78 is 6.96. The summed E-state index contributed by atoms with van der Waals surface area (Å²) in [7, 11) is 0. The fourth-order valence-corrected chi connectivity index (χ4v) is 1.99. The second kappa shape index (κ2) is 5.08. The molecule has 5 nitrogen and oxygen atoms in total. The molecule has 0 aliphatic rings. The molecule has 1 N–H and O–H groups in total. The molecule has 2 rings (SSSR count). The molecule has 0 bridgehead atoms. The molecule has 0 atom stereocenters. The van der Waals surface area contributed by atoms with Crippen LogP contribution < -0.4 is 0 Å². The van der Waals surface area contributed by atoms with Crippen molar-refractivity contribution >= 4 is 5.97 Å². The van der Waals surface area contributed by atoms with Gasteiger partial charge < -0.3 is 9.52 Å². The summed E-state index contributed by atoms with van der Waals surface area (Å²) in [6, 6.07) is 3.65. The maximum Gasteiger partial charge on any atom is 0.339 e. The number of nitrogens with zero attached hydrogens (tertiary/aromatic N) is 2. The molecule has 0 fully saturated rings. The number of aromatic nitrogens is 2. The Morgan fingerprint density at radius 3 is 2.72 bits per heavy atom. The molecular weight excluding hydrogens is 232 g/mol. The predicted octanol–water partition coefficient (Wildman–Crippen LogP) is 3.20. The summed E-state index contributed by atoms with van der Waals surface area (Å²) in [6.07, 6.45) is 4.92. The van der Waals surface area contributed by atoms with Crippen LogP contribution in [0.2, 0.25) is 0 Å². The summed E-state index contributed by atoms with van der Waals surface area (Å²) in [5.41, 5.74) is 0.566. The second-order valence-electron chi connectivity index (χ2n) is 4.12.